The summed E-state index contributed by atoms with van der Waals surface area (Å²) in [6.45, 7) is 3.14. The standard InChI is InChI=1S/C19H19N3O4S/c1-12-18(14-4-10-17(26-3)11-5-14)27(24,25)22-19(12)21-16-8-6-15(7-9-16)20-13(2)23/h4-11H,1-3H3,(H,20,23)(H,21,22). The van der Waals surface area contributed by atoms with Gasteiger partial charge in [-0.15, -0.1) is 4.40 Å². The van der Waals surface area contributed by atoms with Crippen LogP contribution < -0.4 is 15.4 Å². The van der Waals surface area contributed by atoms with Gasteiger partial charge in [0.15, 0.2) is 0 Å². The van der Waals surface area contributed by atoms with Crippen LogP contribution in [-0.4, -0.2) is 27.3 Å². The zero-order valence-electron chi connectivity index (χ0n) is 15.1. The SMILES string of the molecule is COc1ccc(C2=C(C)C(Nc3ccc(NC(C)=O)cc3)=NS2(=O)=O)cc1. The fraction of sp³-hybridized carbons (Fsp3) is 0.158. The molecular formula is C19H19N3O4S. The molecule has 0 bridgehead atoms. The Labute approximate surface area is 157 Å². The van der Waals surface area contributed by atoms with Crippen molar-refractivity contribution in [3.63, 3.8) is 0 Å². The van der Waals surface area contributed by atoms with Crippen LogP contribution >= 0.6 is 0 Å². The van der Waals surface area contributed by atoms with Gasteiger partial charge in [-0.05, 0) is 61.0 Å². The normalized spacial score (nSPS) is 15.3. The number of nitrogens with zero attached hydrogens (tertiary/aromatic N) is 1. The fourth-order valence-electron chi connectivity index (χ4n) is 2.74. The molecule has 0 saturated heterocycles. The largest absolute Gasteiger partial charge is 0.497 e. The molecule has 1 aliphatic rings. The minimum Gasteiger partial charge on any atom is -0.497 e. The Bertz CT molecular complexity index is 1040. The second kappa shape index (κ2) is 7.24. The summed E-state index contributed by atoms with van der Waals surface area (Å²) in [7, 11) is -2.25. The highest BCUT2D eigenvalue weighted by Crippen LogP contribution is 2.33. The van der Waals surface area contributed by atoms with Gasteiger partial charge in [-0.2, -0.15) is 8.42 Å². The summed E-state index contributed by atoms with van der Waals surface area (Å²) in [5.74, 6) is 0.754. The molecule has 7 nitrogen and oxygen atoms in total. The first kappa shape index (κ1) is 18.7. The Balaban J connectivity index is 1.88. The van der Waals surface area contributed by atoms with Crippen LogP contribution in [0.25, 0.3) is 4.91 Å². The van der Waals surface area contributed by atoms with E-state index in [0.717, 1.165) is 0 Å². The molecule has 3 rings (SSSR count). The molecule has 1 amide bonds. The van der Waals surface area contributed by atoms with Crippen molar-refractivity contribution in [3.8, 4) is 5.75 Å². The number of amides is 1. The van der Waals surface area contributed by atoms with Crippen molar-refractivity contribution < 1.29 is 17.9 Å². The van der Waals surface area contributed by atoms with E-state index in [2.05, 4.69) is 15.0 Å². The van der Waals surface area contributed by atoms with Crippen LogP contribution in [-0.2, 0) is 14.8 Å². The van der Waals surface area contributed by atoms with E-state index in [0.29, 0.717) is 28.3 Å². The van der Waals surface area contributed by atoms with Crippen LogP contribution in [0.1, 0.15) is 19.4 Å². The summed E-state index contributed by atoms with van der Waals surface area (Å²) < 4.78 is 34.1. The molecule has 0 atom stereocenters. The van der Waals surface area contributed by atoms with Crippen molar-refractivity contribution in [2.24, 2.45) is 4.40 Å². The second-order valence-electron chi connectivity index (χ2n) is 5.98. The van der Waals surface area contributed by atoms with E-state index in [1.807, 2.05) is 0 Å². The molecule has 8 heteroatoms. The number of benzene rings is 2. The lowest BCUT2D eigenvalue weighted by Crippen LogP contribution is -2.11. The predicted molar refractivity (Wildman–Crippen MR) is 106 cm³/mol. The first-order valence-electron chi connectivity index (χ1n) is 8.15. The van der Waals surface area contributed by atoms with E-state index in [4.69, 9.17) is 4.74 Å². The maximum absolute atomic E-state index is 12.5. The van der Waals surface area contributed by atoms with Gasteiger partial charge in [0.1, 0.15) is 16.5 Å². The van der Waals surface area contributed by atoms with Gasteiger partial charge in [0.25, 0.3) is 10.0 Å². The average molecular weight is 385 g/mol. The Morgan fingerprint density at radius 2 is 1.59 bits per heavy atom. The summed E-state index contributed by atoms with van der Waals surface area (Å²) in [6.07, 6.45) is 0. The first-order chi connectivity index (χ1) is 12.8. The van der Waals surface area contributed by atoms with Crippen LogP contribution in [0.15, 0.2) is 58.5 Å². The number of anilines is 2. The third kappa shape index (κ3) is 4.01. The number of nitrogens with one attached hydrogen (secondary N) is 2. The quantitative estimate of drug-likeness (QED) is 0.842. The van der Waals surface area contributed by atoms with Crippen molar-refractivity contribution in [1.82, 2.24) is 0 Å². The number of rotatable bonds is 4. The monoisotopic (exact) mass is 385 g/mol. The van der Waals surface area contributed by atoms with Gasteiger partial charge >= 0.3 is 0 Å². The Kier molecular flexibility index (Phi) is 5.00. The van der Waals surface area contributed by atoms with E-state index in [1.165, 1.54) is 6.92 Å². The van der Waals surface area contributed by atoms with Crippen molar-refractivity contribution in [2.75, 3.05) is 17.7 Å². The lowest BCUT2D eigenvalue weighted by atomic mass is 10.1. The lowest BCUT2D eigenvalue weighted by molar-refractivity contribution is -0.114. The van der Waals surface area contributed by atoms with Gasteiger partial charge in [0.05, 0.1) is 7.11 Å². The number of amidine groups is 1. The van der Waals surface area contributed by atoms with Gasteiger partial charge in [0, 0.05) is 23.9 Å². The topological polar surface area (TPSA) is 96.9 Å². The smallest absolute Gasteiger partial charge is 0.285 e. The molecular weight excluding hydrogens is 366 g/mol. The highest BCUT2D eigenvalue weighted by molar-refractivity contribution is 8.00. The van der Waals surface area contributed by atoms with Crippen LogP contribution in [0, 0.1) is 0 Å². The number of sulfonamides is 1. The highest BCUT2D eigenvalue weighted by Gasteiger charge is 2.31. The third-order valence-corrected chi connectivity index (χ3v) is 5.47. The first-order valence-corrected chi connectivity index (χ1v) is 9.59. The van der Waals surface area contributed by atoms with Gasteiger partial charge in [-0.1, -0.05) is 0 Å². The summed E-state index contributed by atoms with van der Waals surface area (Å²) in [5, 5.41) is 5.70. The molecule has 0 fully saturated rings. The molecule has 0 spiro atoms. The molecule has 0 aromatic heterocycles. The molecule has 2 aromatic carbocycles. The molecule has 0 saturated carbocycles. The van der Waals surface area contributed by atoms with Gasteiger partial charge < -0.3 is 15.4 Å². The van der Waals surface area contributed by atoms with E-state index in [1.54, 1.807) is 62.6 Å². The van der Waals surface area contributed by atoms with Gasteiger partial charge in [-0.3, -0.25) is 4.79 Å². The zero-order chi connectivity index (χ0) is 19.6. The molecule has 2 N–H and O–H groups in total. The molecule has 0 unspecified atom stereocenters. The molecule has 1 aliphatic heterocycles. The molecule has 27 heavy (non-hydrogen) atoms. The van der Waals surface area contributed by atoms with E-state index < -0.39 is 10.0 Å². The van der Waals surface area contributed by atoms with E-state index in [-0.39, 0.29) is 16.6 Å². The summed E-state index contributed by atoms with van der Waals surface area (Å²) in [5.41, 5.74) is 2.40. The molecule has 1 heterocycles. The summed E-state index contributed by atoms with van der Waals surface area (Å²) in [6, 6.07) is 13.7. The van der Waals surface area contributed by atoms with Gasteiger partial charge in [0.2, 0.25) is 5.91 Å². The van der Waals surface area contributed by atoms with Crippen LogP contribution in [0.2, 0.25) is 0 Å². The van der Waals surface area contributed by atoms with Crippen molar-refractivity contribution in [3.05, 3.63) is 59.7 Å². The minimum atomic E-state index is -3.79. The number of methoxy groups -OCH3 is 1. The number of carbonyl (C=O) groups is 1. The second-order valence-corrected chi connectivity index (χ2v) is 7.52. The lowest BCUT2D eigenvalue weighted by Gasteiger charge is -2.08. The Morgan fingerprint density at radius 1 is 1.00 bits per heavy atom. The van der Waals surface area contributed by atoms with E-state index >= 15 is 0 Å². The van der Waals surface area contributed by atoms with Gasteiger partial charge in [-0.25, -0.2) is 0 Å². The predicted octanol–water partition coefficient (Wildman–Crippen LogP) is 3.24. The van der Waals surface area contributed by atoms with Crippen molar-refractivity contribution in [1.29, 1.82) is 0 Å². The van der Waals surface area contributed by atoms with Crippen molar-refractivity contribution in [2.45, 2.75) is 13.8 Å². The maximum atomic E-state index is 12.5. The molecule has 140 valence electrons. The summed E-state index contributed by atoms with van der Waals surface area (Å²) in [4.78, 5) is 11.2. The Morgan fingerprint density at radius 3 is 2.15 bits per heavy atom. The molecule has 0 aliphatic carbocycles. The van der Waals surface area contributed by atoms with Crippen molar-refractivity contribution >= 4 is 38.0 Å². The minimum absolute atomic E-state index is 0.162. The number of hydrogen-bond donors (Lipinski definition) is 2. The number of carbonyl (C=O) groups excluding carboxylic acids is 1. The van der Waals surface area contributed by atoms with E-state index in [9.17, 15) is 13.2 Å². The average Bonchev–Trinajstić information content (AvgIpc) is 2.85. The van der Waals surface area contributed by atoms with Crippen LogP contribution in [0.4, 0.5) is 11.4 Å². The number of hydrogen-bond acceptors (Lipinski definition) is 5. The third-order valence-electron chi connectivity index (χ3n) is 3.99. The molecule has 0 radical (unpaired) electrons. The zero-order valence-corrected chi connectivity index (χ0v) is 15.9. The van der Waals surface area contributed by atoms with Crippen LogP contribution in [0.5, 0.6) is 5.75 Å². The summed E-state index contributed by atoms with van der Waals surface area (Å²) >= 11 is 0. The number of ether oxygens (including phenoxy) is 1. The fourth-order valence-corrected chi connectivity index (χ4v) is 4.17. The van der Waals surface area contributed by atoms with Crippen LogP contribution in [0.3, 0.4) is 0 Å². The Hall–Kier alpha value is -3.13. The molecule has 2 aromatic rings. The maximum Gasteiger partial charge on any atom is 0.285 e. The highest BCUT2D eigenvalue weighted by atomic mass is 32.2.